The van der Waals surface area contributed by atoms with Gasteiger partial charge in [-0.25, -0.2) is 4.98 Å². The maximum absolute atomic E-state index is 12.2. The van der Waals surface area contributed by atoms with E-state index >= 15 is 0 Å². The Morgan fingerprint density at radius 3 is 2.80 bits per heavy atom. The third-order valence-electron chi connectivity index (χ3n) is 3.98. The molecule has 0 saturated carbocycles. The fourth-order valence-corrected chi connectivity index (χ4v) is 3.74. The van der Waals surface area contributed by atoms with Crippen molar-refractivity contribution in [1.82, 2.24) is 19.6 Å². The van der Waals surface area contributed by atoms with Crippen LogP contribution in [0.25, 0.3) is 4.96 Å². The number of rotatable bonds is 2. The molecule has 1 fully saturated rings. The number of nitrogens with zero attached hydrogens (tertiary/aromatic N) is 3. The molecule has 0 spiro atoms. The Balaban J connectivity index is 1.92. The Bertz CT molecular complexity index is 667. The Labute approximate surface area is 122 Å². The van der Waals surface area contributed by atoms with Crippen molar-refractivity contribution in [2.75, 3.05) is 13.1 Å². The zero-order valence-corrected chi connectivity index (χ0v) is 12.9. The van der Waals surface area contributed by atoms with Crippen molar-refractivity contribution in [3.63, 3.8) is 0 Å². The maximum atomic E-state index is 12.2. The first-order valence-corrected chi connectivity index (χ1v) is 7.87. The van der Waals surface area contributed by atoms with Crippen molar-refractivity contribution >= 4 is 16.3 Å². The number of aryl methyl sites for hydroxylation is 1. The Morgan fingerprint density at radius 1 is 1.40 bits per heavy atom. The molecule has 1 aliphatic rings. The summed E-state index contributed by atoms with van der Waals surface area (Å²) in [5, 5.41) is 5.39. The van der Waals surface area contributed by atoms with E-state index in [9.17, 15) is 4.79 Å². The zero-order valence-electron chi connectivity index (χ0n) is 12.1. The summed E-state index contributed by atoms with van der Waals surface area (Å²) in [6, 6.07) is 2.60. The van der Waals surface area contributed by atoms with Gasteiger partial charge in [0.15, 0.2) is 4.96 Å². The van der Waals surface area contributed by atoms with E-state index in [0.29, 0.717) is 12.1 Å². The van der Waals surface area contributed by atoms with Crippen LogP contribution < -0.4 is 10.9 Å². The van der Waals surface area contributed by atoms with Gasteiger partial charge in [0.2, 0.25) is 0 Å². The molecule has 5 nitrogen and oxygen atoms in total. The molecule has 2 atom stereocenters. The summed E-state index contributed by atoms with van der Waals surface area (Å²) in [7, 11) is 0. The lowest BCUT2D eigenvalue weighted by Gasteiger charge is -2.39. The molecule has 1 aliphatic heterocycles. The largest absolute Gasteiger partial charge is 0.314 e. The molecule has 0 aliphatic carbocycles. The molecule has 1 N–H and O–H groups in total. The highest BCUT2D eigenvalue weighted by Crippen LogP contribution is 2.16. The molecule has 0 radical (unpaired) electrons. The molecule has 20 heavy (non-hydrogen) atoms. The molecule has 2 unspecified atom stereocenters. The lowest BCUT2D eigenvalue weighted by atomic mass is 10.1. The highest BCUT2D eigenvalue weighted by molar-refractivity contribution is 7.15. The standard InChI is InChI=1S/C14H20N4OS/c1-9-5-15-6-10(2)17(9)7-12-4-13(19)18-11(3)8-20-14(18)16-12/h4,8-10,15H,5-7H2,1-3H3. The van der Waals surface area contributed by atoms with Gasteiger partial charge in [0.25, 0.3) is 5.56 Å². The van der Waals surface area contributed by atoms with E-state index in [-0.39, 0.29) is 5.56 Å². The minimum absolute atomic E-state index is 0.0270. The lowest BCUT2D eigenvalue weighted by molar-refractivity contribution is 0.107. The van der Waals surface area contributed by atoms with Gasteiger partial charge in [-0.1, -0.05) is 0 Å². The van der Waals surface area contributed by atoms with E-state index in [1.54, 1.807) is 10.5 Å². The minimum atomic E-state index is 0.0270. The van der Waals surface area contributed by atoms with Crippen molar-refractivity contribution < 1.29 is 0 Å². The molecule has 0 amide bonds. The molecular formula is C14H20N4OS. The van der Waals surface area contributed by atoms with Gasteiger partial charge in [0.1, 0.15) is 0 Å². The van der Waals surface area contributed by atoms with Crippen molar-refractivity contribution in [1.29, 1.82) is 0 Å². The van der Waals surface area contributed by atoms with Crippen LogP contribution in [0.1, 0.15) is 25.2 Å². The number of hydrogen-bond acceptors (Lipinski definition) is 5. The first kappa shape index (κ1) is 13.7. The Kier molecular flexibility index (Phi) is 3.62. The smallest absolute Gasteiger partial charge is 0.259 e. The second-order valence-corrected chi connectivity index (χ2v) is 6.45. The zero-order chi connectivity index (χ0) is 14.3. The summed E-state index contributed by atoms with van der Waals surface area (Å²) in [6.07, 6.45) is 0. The quantitative estimate of drug-likeness (QED) is 0.905. The Hall–Kier alpha value is -1.24. The monoisotopic (exact) mass is 292 g/mol. The van der Waals surface area contributed by atoms with E-state index in [1.807, 2.05) is 12.3 Å². The number of piperazine rings is 1. The molecule has 3 rings (SSSR count). The second kappa shape index (κ2) is 5.27. The van der Waals surface area contributed by atoms with Gasteiger partial charge in [0.05, 0.1) is 5.69 Å². The lowest BCUT2D eigenvalue weighted by Crippen LogP contribution is -2.54. The summed E-state index contributed by atoms with van der Waals surface area (Å²) < 4.78 is 1.68. The SMILES string of the molecule is Cc1csc2nc(CN3C(C)CNCC3C)cc(=O)n12. The van der Waals surface area contributed by atoms with Crippen molar-refractivity contribution in [3.8, 4) is 0 Å². The molecule has 1 saturated heterocycles. The van der Waals surface area contributed by atoms with E-state index in [1.165, 1.54) is 11.3 Å². The molecule has 2 aromatic heterocycles. The number of nitrogens with one attached hydrogen (secondary N) is 1. The highest BCUT2D eigenvalue weighted by Gasteiger charge is 2.25. The molecule has 0 aromatic carbocycles. The van der Waals surface area contributed by atoms with Crippen molar-refractivity contribution in [2.24, 2.45) is 0 Å². The Morgan fingerprint density at radius 2 is 2.10 bits per heavy atom. The summed E-state index contributed by atoms with van der Waals surface area (Å²) in [5.41, 5.74) is 1.86. The molecule has 6 heteroatoms. The van der Waals surface area contributed by atoms with Crippen LogP contribution >= 0.6 is 11.3 Å². The number of aromatic nitrogens is 2. The average molecular weight is 292 g/mol. The van der Waals surface area contributed by atoms with Crippen molar-refractivity contribution in [3.05, 3.63) is 33.2 Å². The van der Waals surface area contributed by atoms with Gasteiger partial charge in [0, 0.05) is 48.9 Å². The van der Waals surface area contributed by atoms with Gasteiger partial charge in [-0.15, -0.1) is 11.3 Å². The number of hydrogen-bond donors (Lipinski definition) is 1. The van der Waals surface area contributed by atoms with Crippen molar-refractivity contribution in [2.45, 2.75) is 39.4 Å². The van der Waals surface area contributed by atoms with Crippen LogP contribution in [-0.2, 0) is 6.54 Å². The first-order valence-electron chi connectivity index (χ1n) is 6.99. The van der Waals surface area contributed by atoms with E-state index in [4.69, 9.17) is 0 Å². The molecule has 3 heterocycles. The first-order chi connectivity index (χ1) is 9.56. The van der Waals surface area contributed by atoms with E-state index < -0.39 is 0 Å². The van der Waals surface area contributed by atoms with Gasteiger partial charge >= 0.3 is 0 Å². The van der Waals surface area contributed by atoms with Gasteiger partial charge in [-0.05, 0) is 20.8 Å². The van der Waals surface area contributed by atoms with Crippen LogP contribution in [0.2, 0.25) is 0 Å². The predicted octanol–water partition coefficient (Wildman–Crippen LogP) is 1.25. The maximum Gasteiger partial charge on any atom is 0.259 e. The average Bonchev–Trinajstić information content (AvgIpc) is 2.76. The number of thiazole rings is 1. The highest BCUT2D eigenvalue weighted by atomic mass is 32.1. The van der Waals surface area contributed by atoms with Crippen LogP contribution in [0.5, 0.6) is 0 Å². The van der Waals surface area contributed by atoms with Crippen LogP contribution in [0.15, 0.2) is 16.2 Å². The van der Waals surface area contributed by atoms with Gasteiger partial charge in [-0.2, -0.15) is 0 Å². The summed E-state index contributed by atoms with van der Waals surface area (Å²) in [5.74, 6) is 0. The molecule has 108 valence electrons. The summed E-state index contributed by atoms with van der Waals surface area (Å²) in [6.45, 7) is 9.08. The minimum Gasteiger partial charge on any atom is -0.314 e. The van der Waals surface area contributed by atoms with Gasteiger partial charge in [-0.3, -0.25) is 14.1 Å². The van der Waals surface area contributed by atoms with Crippen LogP contribution in [0.3, 0.4) is 0 Å². The third-order valence-corrected chi connectivity index (χ3v) is 4.93. The summed E-state index contributed by atoms with van der Waals surface area (Å²) in [4.78, 5) is 20.0. The number of fused-ring (bicyclic) bond motifs is 1. The predicted molar refractivity (Wildman–Crippen MR) is 81.4 cm³/mol. The normalized spacial score (nSPS) is 24.4. The van der Waals surface area contributed by atoms with Crippen LogP contribution in [0.4, 0.5) is 0 Å². The van der Waals surface area contributed by atoms with E-state index in [2.05, 4.69) is 29.0 Å². The third kappa shape index (κ3) is 2.39. The van der Waals surface area contributed by atoms with Crippen LogP contribution in [-0.4, -0.2) is 39.5 Å². The van der Waals surface area contributed by atoms with Gasteiger partial charge < -0.3 is 5.32 Å². The second-order valence-electron chi connectivity index (χ2n) is 5.61. The summed E-state index contributed by atoms with van der Waals surface area (Å²) >= 11 is 1.53. The fraction of sp³-hybridized carbons (Fsp3) is 0.571. The van der Waals surface area contributed by atoms with E-state index in [0.717, 1.165) is 36.0 Å². The fourth-order valence-electron chi connectivity index (χ4n) is 2.85. The molecule has 2 aromatic rings. The topological polar surface area (TPSA) is 49.6 Å². The molecule has 0 bridgehead atoms. The van der Waals surface area contributed by atoms with Crippen LogP contribution in [0, 0.1) is 6.92 Å². The molecular weight excluding hydrogens is 272 g/mol.